The van der Waals surface area contributed by atoms with E-state index >= 15 is 0 Å². The lowest BCUT2D eigenvalue weighted by Gasteiger charge is -2.30. The van der Waals surface area contributed by atoms with Gasteiger partial charge in [0.05, 0.1) is 13.2 Å². The summed E-state index contributed by atoms with van der Waals surface area (Å²) in [6.45, 7) is 3.41. The smallest absolute Gasteiger partial charge is 0.170 e. The van der Waals surface area contributed by atoms with Gasteiger partial charge < -0.3 is 14.8 Å². The summed E-state index contributed by atoms with van der Waals surface area (Å²) in [6.07, 6.45) is 3.06. The molecule has 3 nitrogen and oxygen atoms in total. The van der Waals surface area contributed by atoms with Gasteiger partial charge in [-0.2, -0.15) is 0 Å². The molecule has 0 saturated carbocycles. The second kappa shape index (κ2) is 4.77. The summed E-state index contributed by atoms with van der Waals surface area (Å²) in [5.41, 5.74) is 2.53. The molecule has 1 N–H and O–H groups in total. The maximum Gasteiger partial charge on any atom is 0.170 e. The Kier molecular flexibility index (Phi) is 3.14. The molecule has 17 heavy (non-hydrogen) atoms. The Morgan fingerprint density at radius 1 is 0.941 bits per heavy atom. The predicted octanol–water partition coefficient (Wildman–Crippen LogP) is 2.20. The number of hydrogen-bond acceptors (Lipinski definition) is 3. The van der Waals surface area contributed by atoms with Crippen LogP contribution in [0.5, 0.6) is 0 Å². The first-order valence-corrected chi connectivity index (χ1v) is 6.43. The maximum absolute atomic E-state index is 6.08. The maximum atomic E-state index is 6.08. The number of hydrogen-bond donors (Lipinski definition) is 1. The van der Waals surface area contributed by atoms with E-state index in [2.05, 4.69) is 29.6 Å². The summed E-state index contributed by atoms with van der Waals surface area (Å²) in [4.78, 5) is 0. The molecule has 0 radical (unpaired) electrons. The third kappa shape index (κ3) is 2.37. The summed E-state index contributed by atoms with van der Waals surface area (Å²) in [7, 11) is 0. The number of benzene rings is 1. The van der Waals surface area contributed by atoms with E-state index in [0.717, 1.165) is 32.4 Å². The molecule has 1 aromatic rings. The molecule has 0 bridgehead atoms. The summed E-state index contributed by atoms with van der Waals surface area (Å²) in [5.74, 6) is -0.359. The summed E-state index contributed by atoms with van der Waals surface area (Å²) < 4.78 is 12.2. The van der Waals surface area contributed by atoms with E-state index in [1.807, 2.05) is 0 Å². The van der Waals surface area contributed by atoms with Crippen molar-refractivity contribution in [3.05, 3.63) is 35.4 Å². The van der Waals surface area contributed by atoms with E-state index in [1.54, 1.807) is 0 Å². The molecular weight excluding hydrogens is 214 g/mol. The van der Waals surface area contributed by atoms with E-state index in [-0.39, 0.29) is 5.79 Å². The predicted molar refractivity (Wildman–Crippen MR) is 65.5 cm³/mol. The number of fused-ring (bicyclic) bond motifs is 1. The molecular formula is C14H19NO2. The van der Waals surface area contributed by atoms with Crippen molar-refractivity contribution in [3.63, 3.8) is 0 Å². The highest BCUT2D eigenvalue weighted by atomic mass is 16.7. The van der Waals surface area contributed by atoms with E-state index in [4.69, 9.17) is 9.47 Å². The molecule has 0 amide bonds. The van der Waals surface area contributed by atoms with Crippen LogP contribution in [0.4, 0.5) is 0 Å². The van der Waals surface area contributed by atoms with Crippen LogP contribution in [0.25, 0.3) is 0 Å². The van der Waals surface area contributed by atoms with Crippen molar-refractivity contribution in [2.75, 3.05) is 13.1 Å². The van der Waals surface area contributed by atoms with Gasteiger partial charge in [-0.05, 0) is 24.1 Å². The Bertz CT molecular complexity index is 355. The van der Waals surface area contributed by atoms with E-state index < -0.39 is 0 Å². The fourth-order valence-electron chi connectivity index (χ4n) is 2.60. The zero-order valence-corrected chi connectivity index (χ0v) is 10.1. The highest BCUT2D eigenvalue weighted by molar-refractivity contribution is 5.26. The topological polar surface area (TPSA) is 30.5 Å². The van der Waals surface area contributed by atoms with Gasteiger partial charge in [-0.3, -0.25) is 0 Å². The van der Waals surface area contributed by atoms with Gasteiger partial charge in [0, 0.05) is 19.4 Å². The van der Waals surface area contributed by atoms with E-state index in [1.165, 1.54) is 11.1 Å². The lowest BCUT2D eigenvalue weighted by Crippen LogP contribution is -2.35. The van der Waals surface area contributed by atoms with Gasteiger partial charge in [-0.1, -0.05) is 24.3 Å². The normalized spacial score (nSPS) is 23.8. The average molecular weight is 233 g/mol. The fraction of sp³-hybridized carbons (Fsp3) is 0.571. The molecule has 1 saturated heterocycles. The number of nitrogens with one attached hydrogen (secondary N) is 1. The van der Waals surface area contributed by atoms with Crippen LogP contribution in [0.15, 0.2) is 24.3 Å². The first-order valence-electron chi connectivity index (χ1n) is 6.43. The van der Waals surface area contributed by atoms with Crippen molar-refractivity contribution in [2.24, 2.45) is 0 Å². The minimum Gasteiger partial charge on any atom is -0.345 e. The van der Waals surface area contributed by atoms with Crippen LogP contribution in [-0.4, -0.2) is 18.9 Å². The first-order chi connectivity index (χ1) is 8.38. The van der Waals surface area contributed by atoms with Crippen LogP contribution in [0.3, 0.4) is 0 Å². The Morgan fingerprint density at radius 3 is 2.35 bits per heavy atom. The summed E-state index contributed by atoms with van der Waals surface area (Å²) in [6, 6.07) is 8.39. The lowest BCUT2D eigenvalue weighted by atomic mass is 10.1. The van der Waals surface area contributed by atoms with Crippen molar-refractivity contribution in [2.45, 2.75) is 38.3 Å². The third-order valence-corrected chi connectivity index (χ3v) is 3.69. The first kappa shape index (κ1) is 11.2. The van der Waals surface area contributed by atoms with Crippen molar-refractivity contribution < 1.29 is 9.47 Å². The number of rotatable bonds is 0. The Labute approximate surface area is 102 Å². The molecule has 3 rings (SSSR count). The average Bonchev–Trinajstić information content (AvgIpc) is 2.70. The van der Waals surface area contributed by atoms with Gasteiger partial charge in [-0.15, -0.1) is 0 Å². The Morgan fingerprint density at radius 2 is 1.65 bits per heavy atom. The largest absolute Gasteiger partial charge is 0.345 e. The molecule has 1 aromatic carbocycles. The second-order valence-electron chi connectivity index (χ2n) is 4.86. The van der Waals surface area contributed by atoms with E-state index in [0.29, 0.717) is 13.2 Å². The minimum absolute atomic E-state index is 0.359. The Hall–Kier alpha value is -0.900. The van der Waals surface area contributed by atoms with E-state index in [9.17, 15) is 0 Å². The van der Waals surface area contributed by atoms with Gasteiger partial charge in [0.25, 0.3) is 0 Å². The van der Waals surface area contributed by atoms with Crippen molar-refractivity contribution >= 4 is 0 Å². The van der Waals surface area contributed by atoms with Crippen LogP contribution >= 0.6 is 0 Å². The SMILES string of the molecule is c1ccc2c(c1)COC1(CCCNCC1)OC2. The van der Waals surface area contributed by atoms with Gasteiger partial charge in [-0.25, -0.2) is 0 Å². The minimum atomic E-state index is -0.359. The van der Waals surface area contributed by atoms with Gasteiger partial charge >= 0.3 is 0 Å². The molecule has 2 aliphatic rings. The summed E-state index contributed by atoms with van der Waals surface area (Å²) in [5, 5.41) is 3.40. The molecule has 0 atom stereocenters. The zero-order chi connectivity index (χ0) is 11.6. The van der Waals surface area contributed by atoms with Gasteiger partial charge in [0.2, 0.25) is 0 Å². The standard InChI is InChI=1S/C14H19NO2/c1-2-5-13-11-17-14(16-10-12(13)4-1)6-3-8-15-9-7-14/h1-2,4-5,15H,3,6-11H2. The van der Waals surface area contributed by atoms with Crippen LogP contribution in [-0.2, 0) is 22.7 Å². The molecule has 0 aromatic heterocycles. The molecule has 3 heteroatoms. The van der Waals surface area contributed by atoms with Crippen molar-refractivity contribution in [1.82, 2.24) is 5.32 Å². The van der Waals surface area contributed by atoms with Gasteiger partial charge in [0.15, 0.2) is 5.79 Å². The monoisotopic (exact) mass is 233 g/mol. The van der Waals surface area contributed by atoms with Gasteiger partial charge in [0.1, 0.15) is 0 Å². The molecule has 2 heterocycles. The van der Waals surface area contributed by atoms with Crippen LogP contribution < -0.4 is 5.32 Å². The number of ether oxygens (including phenoxy) is 2. The molecule has 1 spiro atoms. The van der Waals surface area contributed by atoms with Crippen LogP contribution in [0.2, 0.25) is 0 Å². The van der Waals surface area contributed by atoms with Crippen LogP contribution in [0.1, 0.15) is 30.4 Å². The fourth-order valence-corrected chi connectivity index (χ4v) is 2.60. The molecule has 1 fully saturated rings. The van der Waals surface area contributed by atoms with Crippen molar-refractivity contribution in [3.8, 4) is 0 Å². The summed E-state index contributed by atoms with van der Waals surface area (Å²) >= 11 is 0. The van der Waals surface area contributed by atoms with Crippen LogP contribution in [0, 0.1) is 0 Å². The highest BCUT2D eigenvalue weighted by Crippen LogP contribution is 2.31. The quantitative estimate of drug-likeness (QED) is 0.745. The molecule has 0 unspecified atom stereocenters. The lowest BCUT2D eigenvalue weighted by molar-refractivity contribution is -0.248. The third-order valence-electron chi connectivity index (χ3n) is 3.69. The molecule has 92 valence electrons. The molecule has 0 aliphatic carbocycles. The van der Waals surface area contributed by atoms with Crippen molar-refractivity contribution in [1.29, 1.82) is 0 Å². The zero-order valence-electron chi connectivity index (χ0n) is 10.1. The molecule has 2 aliphatic heterocycles. The Balaban J connectivity index is 1.79. The second-order valence-corrected chi connectivity index (χ2v) is 4.86. The highest BCUT2D eigenvalue weighted by Gasteiger charge is 2.34.